The molecule has 96 valence electrons. The summed E-state index contributed by atoms with van der Waals surface area (Å²) in [6, 6.07) is 3.18. The number of thiol groups is 1. The predicted octanol–water partition coefficient (Wildman–Crippen LogP) is 1.95. The Morgan fingerprint density at radius 2 is 2.11 bits per heavy atom. The fourth-order valence-corrected chi connectivity index (χ4v) is 2.58. The van der Waals surface area contributed by atoms with Gasteiger partial charge in [-0.15, -0.1) is 12.6 Å². The summed E-state index contributed by atoms with van der Waals surface area (Å²) in [5, 5.41) is 9.95. The highest BCUT2D eigenvalue weighted by Crippen LogP contribution is 2.27. The highest BCUT2D eigenvalue weighted by molar-refractivity contribution is 7.80. The van der Waals surface area contributed by atoms with Gasteiger partial charge in [-0.3, -0.25) is 0 Å². The lowest BCUT2D eigenvalue weighted by atomic mass is 10.1. The number of piperidine rings is 1. The van der Waals surface area contributed by atoms with Crippen LogP contribution in [0, 0.1) is 5.82 Å². The monoisotopic (exact) mass is 267 g/mol. The van der Waals surface area contributed by atoms with Crippen molar-refractivity contribution in [3.8, 4) is 0 Å². The van der Waals surface area contributed by atoms with Crippen molar-refractivity contribution in [1.29, 1.82) is 0 Å². The standard InChI is InChI=1S/C12H14FN3OS/c13-8-5-9-10(15-12(18)14-9)6-11(8)16-3-1-7(17)2-4-16/h5-7,17H,1-4H2,(H2,14,15,18). The molecule has 0 aliphatic carbocycles. The molecule has 1 fully saturated rings. The van der Waals surface area contributed by atoms with Crippen LogP contribution in [0.1, 0.15) is 12.8 Å². The van der Waals surface area contributed by atoms with Crippen LogP contribution >= 0.6 is 12.6 Å². The molecular weight excluding hydrogens is 253 g/mol. The third-order valence-corrected chi connectivity index (χ3v) is 3.55. The number of rotatable bonds is 1. The van der Waals surface area contributed by atoms with Gasteiger partial charge in [-0.1, -0.05) is 0 Å². The molecule has 1 aliphatic heterocycles. The summed E-state index contributed by atoms with van der Waals surface area (Å²) in [5.74, 6) is -0.268. The lowest BCUT2D eigenvalue weighted by Gasteiger charge is -2.31. The van der Waals surface area contributed by atoms with Gasteiger partial charge in [-0.25, -0.2) is 9.37 Å². The van der Waals surface area contributed by atoms with Crippen LogP contribution in [0.2, 0.25) is 0 Å². The quantitative estimate of drug-likeness (QED) is 0.692. The average Bonchev–Trinajstić information content (AvgIpc) is 2.68. The summed E-state index contributed by atoms with van der Waals surface area (Å²) in [6.07, 6.45) is 1.09. The van der Waals surface area contributed by atoms with E-state index >= 15 is 0 Å². The van der Waals surface area contributed by atoms with Gasteiger partial charge in [0, 0.05) is 19.2 Å². The molecular formula is C12H14FN3OS. The summed E-state index contributed by atoms with van der Waals surface area (Å²) >= 11 is 4.11. The maximum Gasteiger partial charge on any atom is 0.163 e. The molecule has 2 heterocycles. The van der Waals surface area contributed by atoms with Crippen molar-refractivity contribution in [3.63, 3.8) is 0 Å². The van der Waals surface area contributed by atoms with Crippen molar-refractivity contribution in [3.05, 3.63) is 17.9 Å². The first-order valence-electron chi connectivity index (χ1n) is 5.95. The van der Waals surface area contributed by atoms with Crippen molar-refractivity contribution in [2.75, 3.05) is 18.0 Å². The van der Waals surface area contributed by atoms with Crippen LogP contribution in [0.3, 0.4) is 0 Å². The topological polar surface area (TPSA) is 52.1 Å². The summed E-state index contributed by atoms with van der Waals surface area (Å²) in [5.41, 5.74) is 1.91. The third-order valence-electron chi connectivity index (χ3n) is 3.34. The van der Waals surface area contributed by atoms with E-state index in [9.17, 15) is 9.50 Å². The molecule has 0 saturated carbocycles. The van der Waals surface area contributed by atoms with E-state index in [0.29, 0.717) is 47.8 Å². The van der Waals surface area contributed by atoms with Crippen molar-refractivity contribution < 1.29 is 9.50 Å². The number of nitrogens with zero attached hydrogens (tertiary/aromatic N) is 2. The number of halogens is 1. The third kappa shape index (κ3) is 2.06. The Morgan fingerprint density at radius 3 is 2.83 bits per heavy atom. The zero-order chi connectivity index (χ0) is 12.7. The van der Waals surface area contributed by atoms with Gasteiger partial charge in [0.1, 0.15) is 5.82 Å². The molecule has 0 radical (unpaired) electrons. The van der Waals surface area contributed by atoms with E-state index in [0.717, 1.165) is 0 Å². The second kappa shape index (κ2) is 4.44. The van der Waals surface area contributed by atoms with Crippen molar-refractivity contribution in [2.45, 2.75) is 24.1 Å². The number of anilines is 1. The Balaban J connectivity index is 1.98. The van der Waals surface area contributed by atoms with Crippen LogP contribution in [0.25, 0.3) is 11.0 Å². The Kier molecular flexibility index (Phi) is 2.91. The van der Waals surface area contributed by atoms with Gasteiger partial charge >= 0.3 is 0 Å². The van der Waals surface area contributed by atoms with Crippen LogP contribution in [0.4, 0.5) is 10.1 Å². The fourth-order valence-electron chi connectivity index (χ4n) is 2.36. The van der Waals surface area contributed by atoms with E-state index in [4.69, 9.17) is 0 Å². The highest BCUT2D eigenvalue weighted by Gasteiger charge is 2.20. The second-order valence-corrected chi connectivity index (χ2v) is 5.02. The molecule has 6 heteroatoms. The SMILES string of the molecule is OC1CCN(c2cc3nc(S)[nH]c3cc2F)CC1. The molecule has 1 aromatic carbocycles. The van der Waals surface area contributed by atoms with Crippen molar-refractivity contribution >= 4 is 29.3 Å². The van der Waals surface area contributed by atoms with Crippen LogP contribution < -0.4 is 4.90 Å². The Morgan fingerprint density at radius 1 is 1.39 bits per heavy atom. The molecule has 2 N–H and O–H groups in total. The number of nitrogens with one attached hydrogen (secondary N) is 1. The molecule has 1 aliphatic rings. The predicted molar refractivity (Wildman–Crippen MR) is 70.8 cm³/mol. The molecule has 3 rings (SSSR count). The van der Waals surface area contributed by atoms with E-state index in [1.54, 1.807) is 6.07 Å². The molecule has 1 saturated heterocycles. The number of aromatic nitrogens is 2. The van der Waals surface area contributed by atoms with Crippen LogP contribution in [0.5, 0.6) is 0 Å². The molecule has 4 nitrogen and oxygen atoms in total. The van der Waals surface area contributed by atoms with E-state index in [1.165, 1.54) is 6.07 Å². The van der Waals surface area contributed by atoms with Crippen LogP contribution in [-0.2, 0) is 0 Å². The highest BCUT2D eigenvalue weighted by atomic mass is 32.1. The molecule has 0 amide bonds. The van der Waals surface area contributed by atoms with Crippen molar-refractivity contribution in [2.24, 2.45) is 0 Å². The van der Waals surface area contributed by atoms with E-state index < -0.39 is 0 Å². The van der Waals surface area contributed by atoms with Gasteiger partial charge < -0.3 is 15.0 Å². The number of aliphatic hydroxyl groups is 1. The lowest BCUT2D eigenvalue weighted by molar-refractivity contribution is 0.145. The first kappa shape index (κ1) is 11.8. The smallest absolute Gasteiger partial charge is 0.163 e. The minimum absolute atomic E-state index is 0.262. The first-order valence-corrected chi connectivity index (χ1v) is 6.39. The molecule has 0 bridgehead atoms. The summed E-state index contributed by atoms with van der Waals surface area (Å²) < 4.78 is 14.0. The maximum absolute atomic E-state index is 14.0. The van der Waals surface area contributed by atoms with Crippen LogP contribution in [0.15, 0.2) is 17.3 Å². The molecule has 0 unspecified atom stereocenters. The maximum atomic E-state index is 14.0. The minimum atomic E-state index is -0.268. The molecule has 18 heavy (non-hydrogen) atoms. The summed E-state index contributed by atoms with van der Waals surface area (Å²) in [4.78, 5) is 9.03. The average molecular weight is 267 g/mol. The molecule has 1 aromatic heterocycles. The van der Waals surface area contributed by atoms with Crippen LogP contribution in [-0.4, -0.2) is 34.3 Å². The number of aliphatic hydroxyl groups excluding tert-OH is 1. The van der Waals surface area contributed by atoms with E-state index in [2.05, 4.69) is 22.6 Å². The first-order chi connectivity index (χ1) is 8.63. The normalized spacial score (nSPS) is 17.6. The number of hydrogen-bond donors (Lipinski definition) is 3. The number of imidazole rings is 1. The Labute approximate surface area is 109 Å². The van der Waals surface area contributed by atoms with Gasteiger partial charge in [-0.05, 0) is 18.9 Å². The van der Waals surface area contributed by atoms with Crippen molar-refractivity contribution in [1.82, 2.24) is 9.97 Å². The number of fused-ring (bicyclic) bond motifs is 1. The molecule has 0 spiro atoms. The van der Waals surface area contributed by atoms with Gasteiger partial charge in [-0.2, -0.15) is 0 Å². The molecule has 0 atom stereocenters. The second-order valence-electron chi connectivity index (χ2n) is 4.60. The Hall–Kier alpha value is -1.27. The summed E-state index contributed by atoms with van der Waals surface area (Å²) in [7, 11) is 0. The number of aromatic amines is 1. The zero-order valence-corrected chi connectivity index (χ0v) is 10.6. The van der Waals surface area contributed by atoms with Gasteiger partial charge in [0.15, 0.2) is 5.16 Å². The van der Waals surface area contributed by atoms with Gasteiger partial charge in [0.25, 0.3) is 0 Å². The van der Waals surface area contributed by atoms with Gasteiger partial charge in [0.2, 0.25) is 0 Å². The largest absolute Gasteiger partial charge is 0.393 e. The molecule has 2 aromatic rings. The van der Waals surface area contributed by atoms with E-state index in [1.807, 2.05) is 4.90 Å². The minimum Gasteiger partial charge on any atom is -0.393 e. The number of hydrogen-bond acceptors (Lipinski definition) is 4. The number of benzene rings is 1. The van der Waals surface area contributed by atoms with Gasteiger partial charge in [0.05, 0.1) is 22.8 Å². The fraction of sp³-hybridized carbons (Fsp3) is 0.417. The zero-order valence-electron chi connectivity index (χ0n) is 9.73. The summed E-state index contributed by atoms with van der Waals surface area (Å²) in [6.45, 7) is 1.34. The van der Waals surface area contributed by atoms with E-state index in [-0.39, 0.29) is 11.9 Å². The Bertz CT molecular complexity index is 578. The number of H-pyrrole nitrogens is 1. The lowest BCUT2D eigenvalue weighted by Crippen LogP contribution is -2.36.